The minimum atomic E-state index is -1.49. The number of carbonyl (C=O) groups excluding carboxylic acids is 2. The van der Waals surface area contributed by atoms with E-state index in [1.807, 2.05) is 10.6 Å². The monoisotopic (exact) mass is 334 g/mol. The average molecular weight is 334 g/mol. The molecule has 23 heavy (non-hydrogen) atoms. The molecule has 2 unspecified atom stereocenters. The summed E-state index contributed by atoms with van der Waals surface area (Å²) in [5.74, 6) is -4.77. The van der Waals surface area contributed by atoms with Crippen molar-refractivity contribution in [2.45, 2.75) is 37.8 Å². The van der Waals surface area contributed by atoms with Gasteiger partial charge in [-0.05, 0) is 12.8 Å². The second-order valence-corrected chi connectivity index (χ2v) is 4.45. The van der Waals surface area contributed by atoms with E-state index in [4.69, 9.17) is 15.3 Å². The van der Waals surface area contributed by atoms with E-state index >= 15 is 0 Å². The molecule has 0 rings (SSSR count). The van der Waals surface area contributed by atoms with Gasteiger partial charge in [0.05, 0.1) is 7.11 Å². The highest BCUT2D eigenvalue weighted by Crippen LogP contribution is 2.01. The Bertz CT molecular complexity index is 477. The Morgan fingerprint density at radius 3 is 1.65 bits per heavy atom. The molecule has 0 bridgehead atoms. The van der Waals surface area contributed by atoms with Crippen LogP contribution in [0.1, 0.15) is 25.7 Å². The number of nitrogens with one attached hydrogen (secondary N) is 2. The van der Waals surface area contributed by atoms with E-state index in [1.165, 1.54) is 0 Å². The summed E-state index contributed by atoms with van der Waals surface area (Å²) in [6.07, 6.45) is -1.35. The Morgan fingerprint density at radius 1 is 0.870 bits per heavy atom. The summed E-state index contributed by atoms with van der Waals surface area (Å²) in [6, 6.07) is -4.01. The molecule has 2 atom stereocenters. The third-order valence-corrected chi connectivity index (χ3v) is 2.72. The molecular formula is C12H18N2O9. The second-order valence-electron chi connectivity index (χ2n) is 4.45. The van der Waals surface area contributed by atoms with Crippen LogP contribution in [0.3, 0.4) is 0 Å². The van der Waals surface area contributed by atoms with Gasteiger partial charge in [-0.25, -0.2) is 14.4 Å². The van der Waals surface area contributed by atoms with Crippen LogP contribution in [-0.4, -0.2) is 64.4 Å². The zero-order valence-electron chi connectivity index (χ0n) is 12.3. The minimum absolute atomic E-state index is 0.248. The molecule has 11 nitrogen and oxygen atoms in total. The second kappa shape index (κ2) is 9.97. The zero-order chi connectivity index (χ0) is 18.0. The maximum atomic E-state index is 11.6. The van der Waals surface area contributed by atoms with Gasteiger partial charge in [0.25, 0.3) is 0 Å². The lowest BCUT2D eigenvalue weighted by Crippen LogP contribution is -2.51. The lowest BCUT2D eigenvalue weighted by atomic mass is 10.1. The molecule has 0 fully saturated rings. The van der Waals surface area contributed by atoms with Crippen LogP contribution in [0.25, 0.3) is 0 Å². The lowest BCUT2D eigenvalue weighted by Gasteiger charge is -2.18. The van der Waals surface area contributed by atoms with Gasteiger partial charge in [0.1, 0.15) is 12.1 Å². The number of carbonyl (C=O) groups is 5. The van der Waals surface area contributed by atoms with E-state index < -0.39 is 48.4 Å². The third-order valence-electron chi connectivity index (χ3n) is 2.72. The number of urea groups is 1. The fourth-order valence-electron chi connectivity index (χ4n) is 1.50. The van der Waals surface area contributed by atoms with Crippen LogP contribution < -0.4 is 10.6 Å². The Labute approximate surface area is 130 Å². The summed E-state index contributed by atoms with van der Waals surface area (Å²) in [5, 5.41) is 30.3. The smallest absolute Gasteiger partial charge is 0.326 e. The van der Waals surface area contributed by atoms with Gasteiger partial charge < -0.3 is 30.7 Å². The van der Waals surface area contributed by atoms with Crippen molar-refractivity contribution in [1.29, 1.82) is 0 Å². The molecule has 0 aliphatic carbocycles. The maximum Gasteiger partial charge on any atom is 0.326 e. The number of carboxylic acid groups (broad SMARTS) is 3. The molecule has 0 spiro atoms. The van der Waals surface area contributed by atoms with Crippen molar-refractivity contribution in [3.63, 3.8) is 0 Å². The number of methoxy groups -OCH3 is 1. The van der Waals surface area contributed by atoms with Crippen molar-refractivity contribution in [3.05, 3.63) is 0 Å². The molecule has 0 saturated heterocycles. The van der Waals surface area contributed by atoms with E-state index in [9.17, 15) is 24.0 Å². The topological polar surface area (TPSA) is 179 Å². The quantitative estimate of drug-likeness (QED) is 0.313. The summed E-state index contributed by atoms with van der Waals surface area (Å²) >= 11 is 0. The normalized spacial score (nSPS) is 12.6. The molecule has 130 valence electrons. The molecule has 0 radical (unpaired) electrons. The van der Waals surface area contributed by atoms with Crippen molar-refractivity contribution < 1.29 is 44.0 Å². The SMILES string of the molecule is COC(=O)CCC(NC(=O)NC(CCC(=O)O)C(=O)O)C(=O)O. The highest BCUT2D eigenvalue weighted by atomic mass is 16.5. The molecule has 2 amide bonds. The van der Waals surface area contributed by atoms with Crippen LogP contribution in [0, 0.1) is 0 Å². The minimum Gasteiger partial charge on any atom is -0.481 e. The van der Waals surface area contributed by atoms with E-state index in [1.54, 1.807) is 0 Å². The first-order valence-electron chi connectivity index (χ1n) is 6.48. The molecule has 0 saturated carbocycles. The number of carboxylic acids is 3. The van der Waals surface area contributed by atoms with Crippen molar-refractivity contribution in [2.75, 3.05) is 7.11 Å². The van der Waals surface area contributed by atoms with E-state index in [0.29, 0.717) is 0 Å². The fraction of sp³-hybridized carbons (Fsp3) is 0.583. The van der Waals surface area contributed by atoms with Crippen molar-refractivity contribution >= 4 is 29.9 Å². The predicted molar refractivity (Wildman–Crippen MR) is 72.6 cm³/mol. The van der Waals surface area contributed by atoms with Gasteiger partial charge in [0.2, 0.25) is 0 Å². The standard InChI is InChI=1S/C12H18N2O9/c1-23-9(17)5-3-7(11(20)21)14-12(22)13-6(10(18)19)2-4-8(15)16/h6-7H,2-5H2,1H3,(H,15,16)(H,18,19)(H,20,21)(H2,13,14,22). The van der Waals surface area contributed by atoms with Crippen molar-refractivity contribution in [1.82, 2.24) is 10.6 Å². The molecule has 0 aromatic heterocycles. The first-order valence-corrected chi connectivity index (χ1v) is 6.48. The fourth-order valence-corrected chi connectivity index (χ4v) is 1.50. The van der Waals surface area contributed by atoms with Gasteiger partial charge >= 0.3 is 29.9 Å². The number of aliphatic carboxylic acids is 3. The molecule has 0 aliphatic rings. The Morgan fingerprint density at radius 2 is 1.30 bits per heavy atom. The molecule has 11 heteroatoms. The highest BCUT2D eigenvalue weighted by molar-refractivity contribution is 5.86. The zero-order valence-corrected chi connectivity index (χ0v) is 12.3. The molecule has 5 N–H and O–H groups in total. The van der Waals surface area contributed by atoms with Crippen molar-refractivity contribution in [2.24, 2.45) is 0 Å². The molecule has 0 aromatic rings. The van der Waals surface area contributed by atoms with E-state index in [0.717, 1.165) is 7.11 Å². The number of hydrogen-bond acceptors (Lipinski definition) is 6. The van der Waals surface area contributed by atoms with Gasteiger partial charge in [0.15, 0.2) is 0 Å². The number of ether oxygens (including phenoxy) is 1. The van der Waals surface area contributed by atoms with Gasteiger partial charge in [-0.3, -0.25) is 9.59 Å². The number of rotatable bonds is 10. The van der Waals surface area contributed by atoms with Crippen LogP contribution in [0.15, 0.2) is 0 Å². The van der Waals surface area contributed by atoms with E-state index in [-0.39, 0.29) is 19.3 Å². The van der Waals surface area contributed by atoms with Crippen LogP contribution in [-0.2, 0) is 23.9 Å². The maximum absolute atomic E-state index is 11.6. The number of hydrogen-bond donors (Lipinski definition) is 5. The molecule has 0 aliphatic heterocycles. The van der Waals surface area contributed by atoms with Gasteiger partial charge in [-0.2, -0.15) is 0 Å². The van der Waals surface area contributed by atoms with Crippen LogP contribution in [0.5, 0.6) is 0 Å². The van der Waals surface area contributed by atoms with Gasteiger partial charge in [-0.15, -0.1) is 0 Å². The molecular weight excluding hydrogens is 316 g/mol. The first kappa shape index (κ1) is 20.1. The summed E-state index contributed by atoms with van der Waals surface area (Å²) in [7, 11) is 1.12. The van der Waals surface area contributed by atoms with E-state index in [2.05, 4.69) is 4.74 Å². The largest absolute Gasteiger partial charge is 0.481 e. The van der Waals surface area contributed by atoms with Crippen LogP contribution >= 0.6 is 0 Å². The lowest BCUT2D eigenvalue weighted by molar-refractivity contribution is -0.143. The molecule has 0 heterocycles. The van der Waals surface area contributed by atoms with Crippen LogP contribution in [0.4, 0.5) is 4.79 Å². The van der Waals surface area contributed by atoms with Crippen LogP contribution in [0.2, 0.25) is 0 Å². The predicted octanol–water partition coefficient (Wildman–Crippen LogP) is -0.990. The summed E-state index contributed by atoms with van der Waals surface area (Å²) in [6.45, 7) is 0. The summed E-state index contributed by atoms with van der Waals surface area (Å²) < 4.78 is 4.34. The summed E-state index contributed by atoms with van der Waals surface area (Å²) in [4.78, 5) is 54.9. The van der Waals surface area contributed by atoms with Crippen molar-refractivity contribution in [3.8, 4) is 0 Å². The first-order chi connectivity index (χ1) is 10.7. The average Bonchev–Trinajstić information content (AvgIpc) is 2.46. The number of amides is 2. The summed E-state index contributed by atoms with van der Waals surface area (Å²) in [5.41, 5.74) is 0. The Balaban J connectivity index is 4.59. The Kier molecular flexibility index (Phi) is 8.74. The third kappa shape index (κ3) is 8.90. The molecule has 0 aromatic carbocycles. The highest BCUT2D eigenvalue weighted by Gasteiger charge is 2.25. The van der Waals surface area contributed by atoms with Gasteiger partial charge in [-0.1, -0.05) is 0 Å². The Hall–Kier alpha value is -2.85. The van der Waals surface area contributed by atoms with Gasteiger partial charge in [0, 0.05) is 12.8 Å². The number of esters is 1.